The quantitative estimate of drug-likeness (QED) is 0.446. The van der Waals surface area contributed by atoms with Crippen LogP contribution in [0, 0.1) is 0 Å². The van der Waals surface area contributed by atoms with Crippen molar-refractivity contribution in [3.8, 4) is 0 Å². The van der Waals surface area contributed by atoms with Gasteiger partial charge in [-0.1, -0.05) is 24.0 Å². The van der Waals surface area contributed by atoms with Crippen LogP contribution >= 0.6 is 24.0 Å². The summed E-state index contributed by atoms with van der Waals surface area (Å²) in [6.45, 7) is -0.378. The molecular formula is C9H18N2O4S2. The van der Waals surface area contributed by atoms with Gasteiger partial charge < -0.3 is 30.7 Å². The molecule has 17 heavy (non-hydrogen) atoms. The van der Waals surface area contributed by atoms with Crippen molar-refractivity contribution in [2.45, 2.75) is 29.8 Å². The Balaban J connectivity index is 2.69. The van der Waals surface area contributed by atoms with E-state index in [1.165, 1.54) is 11.8 Å². The Labute approximate surface area is 110 Å². The van der Waals surface area contributed by atoms with E-state index in [1.54, 1.807) is 19.0 Å². The predicted molar refractivity (Wildman–Crippen MR) is 69.6 cm³/mol. The van der Waals surface area contributed by atoms with Gasteiger partial charge in [0.25, 0.3) is 0 Å². The van der Waals surface area contributed by atoms with Crippen LogP contribution in [0.5, 0.6) is 0 Å². The third-order valence-electron chi connectivity index (χ3n) is 2.51. The summed E-state index contributed by atoms with van der Waals surface area (Å²) in [6.07, 6.45) is -3.16. The maximum Gasteiger partial charge on any atom is 0.138 e. The summed E-state index contributed by atoms with van der Waals surface area (Å²) in [5, 5.41) is 28.4. The molecule has 0 aromatic rings. The van der Waals surface area contributed by atoms with E-state index in [2.05, 4.69) is 0 Å². The second-order valence-electron chi connectivity index (χ2n) is 4.06. The molecule has 1 aliphatic rings. The van der Waals surface area contributed by atoms with Crippen LogP contribution in [0.15, 0.2) is 0 Å². The molecule has 8 heteroatoms. The summed E-state index contributed by atoms with van der Waals surface area (Å²) in [5.74, 6) is 0. The first-order valence-electron chi connectivity index (χ1n) is 5.14. The third kappa shape index (κ3) is 3.50. The minimum atomic E-state index is -1.18. The molecule has 0 radical (unpaired) electrons. The molecule has 1 unspecified atom stereocenters. The fraction of sp³-hybridized carbons (Fsp3) is 0.889. The third-order valence-corrected chi connectivity index (χ3v) is 4.39. The fourth-order valence-electron chi connectivity index (χ4n) is 1.41. The first-order chi connectivity index (χ1) is 7.88. The highest BCUT2D eigenvalue weighted by Crippen LogP contribution is 2.28. The topological polar surface area (TPSA) is 99.2 Å². The van der Waals surface area contributed by atoms with Crippen molar-refractivity contribution in [2.24, 2.45) is 5.73 Å². The Kier molecular flexibility index (Phi) is 5.58. The van der Waals surface area contributed by atoms with Crippen molar-refractivity contribution in [2.75, 3.05) is 20.7 Å². The molecule has 0 aromatic carbocycles. The maximum absolute atomic E-state index is 9.73. The number of aliphatic hydroxyl groups is 3. The van der Waals surface area contributed by atoms with Crippen molar-refractivity contribution in [3.05, 3.63) is 0 Å². The Morgan fingerprint density at radius 1 is 1.41 bits per heavy atom. The highest BCUT2D eigenvalue weighted by atomic mass is 32.2. The van der Waals surface area contributed by atoms with Crippen LogP contribution in [-0.4, -0.2) is 75.0 Å². The van der Waals surface area contributed by atoms with Crippen molar-refractivity contribution in [1.29, 1.82) is 0 Å². The van der Waals surface area contributed by atoms with E-state index < -0.39 is 29.8 Å². The number of ether oxygens (including phenoxy) is 1. The number of hydrogen-bond acceptors (Lipinski definition) is 7. The lowest BCUT2D eigenvalue weighted by molar-refractivity contribution is -0.165. The lowest BCUT2D eigenvalue weighted by atomic mass is 9.99. The van der Waals surface area contributed by atoms with Crippen molar-refractivity contribution >= 4 is 28.3 Å². The smallest absolute Gasteiger partial charge is 0.138 e. The zero-order valence-corrected chi connectivity index (χ0v) is 11.3. The number of hydrogen-bond donors (Lipinski definition) is 4. The first-order valence-corrected chi connectivity index (χ1v) is 6.43. The van der Waals surface area contributed by atoms with Crippen LogP contribution in [0.3, 0.4) is 0 Å². The molecule has 0 spiro atoms. The average Bonchev–Trinajstić information content (AvgIpc) is 2.29. The van der Waals surface area contributed by atoms with E-state index in [0.717, 1.165) is 0 Å². The van der Waals surface area contributed by atoms with Crippen molar-refractivity contribution in [3.63, 3.8) is 0 Å². The standard InChI is InChI=1S/C9H18N2O4S2/c1-11(2)9(16)17-8-5(10)7(14)6(13)4(3-12)15-8/h4-8,12-14H,3,10H2,1-2H3/t4-,5?,6-,7-,8+/m1/s1. The Bertz CT molecular complexity index is 278. The number of thiocarbonyl (C=S) groups is 1. The van der Waals surface area contributed by atoms with Gasteiger partial charge in [0.05, 0.1) is 12.6 Å². The van der Waals surface area contributed by atoms with E-state index in [1.807, 2.05) is 0 Å². The predicted octanol–water partition coefficient (Wildman–Crippen LogP) is -1.67. The van der Waals surface area contributed by atoms with Crippen LogP contribution in [-0.2, 0) is 4.74 Å². The van der Waals surface area contributed by atoms with Gasteiger partial charge in [-0.3, -0.25) is 0 Å². The summed E-state index contributed by atoms with van der Waals surface area (Å²) >= 11 is 6.29. The minimum absolute atomic E-state index is 0.378. The SMILES string of the molecule is CN(C)C(=S)S[C@@H]1O[C@H](CO)[C@@H](O)[C@H](O)C1N. The van der Waals surface area contributed by atoms with E-state index in [4.69, 9.17) is 27.8 Å². The van der Waals surface area contributed by atoms with Crippen LogP contribution < -0.4 is 5.73 Å². The molecule has 1 saturated heterocycles. The number of nitrogens with zero attached hydrogens (tertiary/aromatic N) is 1. The van der Waals surface area contributed by atoms with E-state index >= 15 is 0 Å². The maximum atomic E-state index is 9.73. The van der Waals surface area contributed by atoms with E-state index in [-0.39, 0.29) is 6.61 Å². The summed E-state index contributed by atoms with van der Waals surface area (Å²) in [4.78, 5) is 1.72. The zero-order valence-electron chi connectivity index (χ0n) is 9.68. The van der Waals surface area contributed by atoms with Crippen LogP contribution in [0.25, 0.3) is 0 Å². The monoisotopic (exact) mass is 282 g/mol. The molecule has 0 saturated carbocycles. The van der Waals surface area contributed by atoms with Gasteiger partial charge >= 0.3 is 0 Å². The average molecular weight is 282 g/mol. The molecule has 5 N–H and O–H groups in total. The van der Waals surface area contributed by atoms with E-state index in [9.17, 15) is 10.2 Å². The molecule has 1 aliphatic heterocycles. The summed E-state index contributed by atoms with van der Waals surface area (Å²) < 4.78 is 5.98. The summed E-state index contributed by atoms with van der Waals surface area (Å²) in [7, 11) is 3.58. The van der Waals surface area contributed by atoms with Crippen LogP contribution in [0.2, 0.25) is 0 Å². The normalized spacial score (nSPS) is 37.9. The molecule has 0 aromatic heterocycles. The largest absolute Gasteiger partial charge is 0.394 e. The van der Waals surface area contributed by atoms with Crippen LogP contribution in [0.1, 0.15) is 0 Å². The molecule has 0 amide bonds. The van der Waals surface area contributed by atoms with E-state index in [0.29, 0.717) is 4.32 Å². The van der Waals surface area contributed by atoms with Gasteiger partial charge in [-0.15, -0.1) is 0 Å². The molecule has 0 bridgehead atoms. The van der Waals surface area contributed by atoms with Crippen molar-refractivity contribution < 1.29 is 20.1 Å². The fourth-order valence-corrected chi connectivity index (χ4v) is 2.62. The minimum Gasteiger partial charge on any atom is -0.394 e. The lowest BCUT2D eigenvalue weighted by Crippen LogP contribution is -2.61. The molecule has 100 valence electrons. The highest BCUT2D eigenvalue weighted by Gasteiger charge is 2.43. The highest BCUT2D eigenvalue weighted by molar-refractivity contribution is 8.23. The molecule has 0 aliphatic carbocycles. The molecule has 6 nitrogen and oxygen atoms in total. The number of nitrogens with two attached hydrogens (primary N) is 1. The number of aliphatic hydroxyl groups excluding tert-OH is 3. The second-order valence-corrected chi connectivity index (χ2v) is 5.79. The van der Waals surface area contributed by atoms with Gasteiger partial charge in [-0.2, -0.15) is 0 Å². The number of thioether (sulfide) groups is 1. The van der Waals surface area contributed by atoms with Gasteiger partial charge in [0.1, 0.15) is 28.1 Å². The molecule has 1 rings (SSSR count). The van der Waals surface area contributed by atoms with Gasteiger partial charge in [0.15, 0.2) is 0 Å². The zero-order chi connectivity index (χ0) is 13.2. The summed E-state index contributed by atoms with van der Waals surface area (Å²) in [5.41, 5.74) is 5.18. The Morgan fingerprint density at radius 3 is 2.47 bits per heavy atom. The van der Waals surface area contributed by atoms with Gasteiger partial charge in [0.2, 0.25) is 0 Å². The van der Waals surface area contributed by atoms with Gasteiger partial charge in [-0.05, 0) is 0 Å². The van der Waals surface area contributed by atoms with Crippen LogP contribution in [0.4, 0.5) is 0 Å². The molecule has 5 atom stereocenters. The lowest BCUT2D eigenvalue weighted by Gasteiger charge is -2.40. The Hall–Kier alpha value is 0.0400. The first kappa shape index (κ1) is 15.1. The molecular weight excluding hydrogens is 264 g/mol. The second kappa shape index (κ2) is 6.28. The Morgan fingerprint density at radius 2 is 2.00 bits per heavy atom. The number of rotatable bonds is 2. The van der Waals surface area contributed by atoms with Crippen molar-refractivity contribution in [1.82, 2.24) is 4.90 Å². The van der Waals surface area contributed by atoms with Gasteiger partial charge in [-0.25, -0.2) is 0 Å². The molecule has 1 fully saturated rings. The molecule has 1 heterocycles. The van der Waals surface area contributed by atoms with Gasteiger partial charge in [0, 0.05) is 14.1 Å². The summed E-state index contributed by atoms with van der Waals surface area (Å²) in [6, 6.07) is -0.754.